The zero-order valence-corrected chi connectivity index (χ0v) is 11.9. The lowest BCUT2D eigenvalue weighted by Gasteiger charge is -2.47. The zero-order valence-electron chi connectivity index (χ0n) is 11.1. The van der Waals surface area contributed by atoms with Crippen LogP contribution >= 0.6 is 11.8 Å². The van der Waals surface area contributed by atoms with E-state index in [0.29, 0.717) is 6.04 Å². The van der Waals surface area contributed by atoms with Gasteiger partial charge in [0.2, 0.25) is 5.72 Å². The molecule has 3 aliphatic rings. The van der Waals surface area contributed by atoms with E-state index in [1.54, 1.807) is 0 Å². The number of para-hydroxylation sites is 1. The fourth-order valence-corrected chi connectivity index (χ4v) is 4.43. The molecule has 1 fully saturated rings. The van der Waals surface area contributed by atoms with Gasteiger partial charge in [-0.1, -0.05) is 30.0 Å². The molecule has 2 atom stereocenters. The van der Waals surface area contributed by atoms with Crippen molar-refractivity contribution in [1.82, 2.24) is 4.90 Å². The molecule has 0 unspecified atom stereocenters. The minimum atomic E-state index is -0.373. The first kappa shape index (κ1) is 11.6. The van der Waals surface area contributed by atoms with Crippen LogP contribution in [0.1, 0.15) is 37.8 Å². The van der Waals surface area contributed by atoms with E-state index in [4.69, 9.17) is 9.73 Å². The molecule has 3 aliphatic heterocycles. The standard InChI is InChI=1S/C15H18N2OS/c1-15-10-12(11-6-2-3-7-13(11)18-15)17-8-4-5-9-19-14(17)16-15/h2-3,6-7,12H,4-5,8-10H2,1H3/t12-,15+/m0/s1. The maximum absolute atomic E-state index is 6.15. The highest BCUT2D eigenvalue weighted by molar-refractivity contribution is 8.13. The van der Waals surface area contributed by atoms with Crippen molar-refractivity contribution in [2.24, 2.45) is 4.99 Å². The van der Waals surface area contributed by atoms with Crippen LogP contribution in [0, 0.1) is 0 Å². The molecule has 0 saturated carbocycles. The van der Waals surface area contributed by atoms with Crippen molar-refractivity contribution in [2.45, 2.75) is 38.0 Å². The molecule has 0 aromatic heterocycles. The van der Waals surface area contributed by atoms with Crippen LogP contribution in [0.25, 0.3) is 0 Å². The van der Waals surface area contributed by atoms with Gasteiger partial charge in [-0.15, -0.1) is 0 Å². The Hall–Kier alpha value is -1.16. The molecule has 0 N–H and O–H groups in total. The topological polar surface area (TPSA) is 24.8 Å². The van der Waals surface area contributed by atoms with E-state index in [1.807, 2.05) is 17.8 Å². The zero-order chi connectivity index (χ0) is 12.9. The third kappa shape index (κ3) is 1.84. The summed E-state index contributed by atoms with van der Waals surface area (Å²) in [5.41, 5.74) is 0.956. The van der Waals surface area contributed by atoms with Gasteiger partial charge in [-0.25, -0.2) is 4.99 Å². The van der Waals surface area contributed by atoms with Gasteiger partial charge in [0.05, 0.1) is 6.04 Å². The summed E-state index contributed by atoms with van der Waals surface area (Å²) in [4.78, 5) is 7.40. The van der Waals surface area contributed by atoms with Crippen molar-refractivity contribution in [1.29, 1.82) is 0 Å². The van der Waals surface area contributed by atoms with Crippen LogP contribution in [0.4, 0.5) is 0 Å². The number of fused-ring (bicyclic) bond motifs is 6. The number of hydrogen-bond donors (Lipinski definition) is 0. The molecular formula is C15H18N2OS. The van der Waals surface area contributed by atoms with Gasteiger partial charge in [-0.2, -0.15) is 0 Å². The van der Waals surface area contributed by atoms with E-state index >= 15 is 0 Å². The van der Waals surface area contributed by atoms with Crippen molar-refractivity contribution in [2.75, 3.05) is 12.3 Å². The summed E-state index contributed by atoms with van der Waals surface area (Å²) in [6.45, 7) is 3.24. The largest absolute Gasteiger partial charge is 0.466 e. The van der Waals surface area contributed by atoms with Crippen LogP contribution in [-0.4, -0.2) is 28.1 Å². The van der Waals surface area contributed by atoms with Gasteiger partial charge in [-0.3, -0.25) is 0 Å². The molecule has 2 bridgehead atoms. The van der Waals surface area contributed by atoms with Gasteiger partial charge in [0.1, 0.15) is 5.75 Å². The molecule has 3 nitrogen and oxygen atoms in total. The minimum Gasteiger partial charge on any atom is -0.466 e. The van der Waals surface area contributed by atoms with Crippen molar-refractivity contribution >= 4 is 16.9 Å². The van der Waals surface area contributed by atoms with Crippen molar-refractivity contribution < 1.29 is 4.74 Å². The molecule has 0 spiro atoms. The third-order valence-electron chi connectivity index (χ3n) is 4.16. The first-order valence-electron chi connectivity index (χ1n) is 7.02. The molecule has 0 radical (unpaired) electrons. The Balaban J connectivity index is 1.83. The maximum atomic E-state index is 6.15. The monoisotopic (exact) mass is 274 g/mol. The molecule has 4 rings (SSSR count). The Morgan fingerprint density at radius 3 is 3.21 bits per heavy atom. The summed E-state index contributed by atoms with van der Waals surface area (Å²) >= 11 is 1.89. The Labute approximate surface area is 118 Å². The summed E-state index contributed by atoms with van der Waals surface area (Å²) in [5.74, 6) is 2.19. The van der Waals surface area contributed by atoms with Crippen molar-refractivity contribution in [3.63, 3.8) is 0 Å². The summed E-state index contributed by atoms with van der Waals surface area (Å²) in [6, 6.07) is 8.88. The lowest BCUT2D eigenvalue weighted by atomic mass is 9.91. The van der Waals surface area contributed by atoms with E-state index < -0.39 is 0 Å². The predicted molar refractivity (Wildman–Crippen MR) is 78.7 cm³/mol. The molecule has 0 aliphatic carbocycles. The third-order valence-corrected chi connectivity index (χ3v) is 5.24. The van der Waals surface area contributed by atoms with Crippen LogP contribution in [0.3, 0.4) is 0 Å². The van der Waals surface area contributed by atoms with E-state index in [-0.39, 0.29) is 5.72 Å². The Morgan fingerprint density at radius 2 is 2.26 bits per heavy atom. The molecular weight excluding hydrogens is 256 g/mol. The second-order valence-electron chi connectivity index (χ2n) is 5.68. The smallest absolute Gasteiger partial charge is 0.202 e. The van der Waals surface area contributed by atoms with Gasteiger partial charge in [0.15, 0.2) is 5.17 Å². The molecule has 100 valence electrons. The van der Waals surface area contributed by atoms with Crippen molar-refractivity contribution in [3.05, 3.63) is 29.8 Å². The van der Waals surface area contributed by atoms with Gasteiger partial charge in [0, 0.05) is 24.3 Å². The van der Waals surface area contributed by atoms with Crippen LogP contribution < -0.4 is 4.74 Å². The number of amidine groups is 1. The lowest BCUT2D eigenvalue weighted by molar-refractivity contribution is 0.0249. The van der Waals surface area contributed by atoms with Crippen LogP contribution in [0.5, 0.6) is 5.75 Å². The number of nitrogens with zero attached hydrogens (tertiary/aromatic N) is 2. The molecule has 1 aromatic carbocycles. The quantitative estimate of drug-likeness (QED) is 0.724. The maximum Gasteiger partial charge on any atom is 0.202 e. The number of rotatable bonds is 0. The fraction of sp³-hybridized carbons (Fsp3) is 0.533. The van der Waals surface area contributed by atoms with E-state index in [1.165, 1.54) is 29.3 Å². The highest BCUT2D eigenvalue weighted by atomic mass is 32.2. The Morgan fingerprint density at radius 1 is 1.37 bits per heavy atom. The van der Waals surface area contributed by atoms with Gasteiger partial charge in [0.25, 0.3) is 0 Å². The van der Waals surface area contributed by atoms with E-state index in [2.05, 4.69) is 30.0 Å². The Bertz CT molecular complexity index is 545. The highest BCUT2D eigenvalue weighted by Gasteiger charge is 2.45. The first-order chi connectivity index (χ1) is 9.25. The number of thioether (sulfide) groups is 1. The number of benzene rings is 1. The molecule has 1 aromatic rings. The second kappa shape index (κ2) is 4.17. The molecule has 3 heterocycles. The molecule has 0 amide bonds. The average molecular weight is 274 g/mol. The van der Waals surface area contributed by atoms with Crippen molar-refractivity contribution in [3.8, 4) is 5.75 Å². The summed E-state index contributed by atoms with van der Waals surface area (Å²) in [7, 11) is 0. The lowest BCUT2D eigenvalue weighted by Crippen LogP contribution is -2.49. The summed E-state index contributed by atoms with van der Waals surface area (Å²) < 4.78 is 6.15. The van der Waals surface area contributed by atoms with E-state index in [9.17, 15) is 0 Å². The normalized spacial score (nSPS) is 32.6. The number of ether oxygens (including phenoxy) is 1. The number of hydrogen-bond acceptors (Lipinski definition) is 4. The first-order valence-corrected chi connectivity index (χ1v) is 8.01. The summed E-state index contributed by atoms with van der Waals surface area (Å²) in [5, 5.41) is 1.19. The minimum absolute atomic E-state index is 0.373. The van der Waals surface area contributed by atoms with Gasteiger partial charge < -0.3 is 9.64 Å². The van der Waals surface area contributed by atoms with E-state index in [0.717, 1.165) is 18.7 Å². The van der Waals surface area contributed by atoms with Gasteiger partial charge in [-0.05, 0) is 25.8 Å². The molecule has 19 heavy (non-hydrogen) atoms. The van der Waals surface area contributed by atoms with Crippen LogP contribution in [0.15, 0.2) is 29.3 Å². The van der Waals surface area contributed by atoms with Crippen LogP contribution in [-0.2, 0) is 0 Å². The second-order valence-corrected chi connectivity index (χ2v) is 6.74. The van der Waals surface area contributed by atoms with Crippen LogP contribution in [0.2, 0.25) is 0 Å². The summed E-state index contributed by atoms with van der Waals surface area (Å²) in [6.07, 6.45) is 3.52. The highest BCUT2D eigenvalue weighted by Crippen LogP contribution is 2.47. The predicted octanol–water partition coefficient (Wildman–Crippen LogP) is 3.43. The SMILES string of the molecule is C[C@]12C[C@@H](c3ccccc3O1)N1CCCCSC1=N2. The Kier molecular flexibility index (Phi) is 2.56. The molecule has 1 saturated heterocycles. The molecule has 4 heteroatoms. The number of aliphatic imine (C=N–C) groups is 1. The van der Waals surface area contributed by atoms with Gasteiger partial charge >= 0.3 is 0 Å². The fourth-order valence-electron chi connectivity index (χ4n) is 3.26. The average Bonchev–Trinajstić information content (AvgIpc) is 2.63.